The highest BCUT2D eigenvalue weighted by molar-refractivity contribution is 7.86. The molecule has 0 spiro atoms. The Bertz CT molecular complexity index is 606. The Balaban J connectivity index is 2.88. The van der Waals surface area contributed by atoms with Crippen LogP contribution in [-0.2, 0) is 18.7 Å². The van der Waals surface area contributed by atoms with E-state index in [0.29, 0.717) is 6.42 Å². The average molecular weight is 373 g/mol. The lowest BCUT2D eigenvalue weighted by Gasteiger charge is -2.39. The molecule has 0 saturated carbocycles. The highest BCUT2D eigenvalue weighted by Crippen LogP contribution is 2.40. The van der Waals surface area contributed by atoms with Crippen LogP contribution in [-0.4, -0.2) is 29.1 Å². The molecule has 6 heteroatoms. The smallest absolute Gasteiger partial charge is 0.264 e. The number of rotatable bonds is 8. The van der Waals surface area contributed by atoms with Crippen molar-refractivity contribution in [1.29, 1.82) is 0 Å². The van der Waals surface area contributed by atoms with Gasteiger partial charge in [-0.05, 0) is 43.5 Å². The van der Waals surface area contributed by atoms with Gasteiger partial charge in [0.15, 0.2) is 8.32 Å². The molecule has 24 heavy (non-hydrogen) atoms. The van der Waals surface area contributed by atoms with Crippen LogP contribution in [0.3, 0.4) is 0 Å². The molecule has 2 atom stereocenters. The SMILES string of the molecule is CC(CCC(O[Si](C)(C)C(C)(C)C)c1ccccc1)OS(C)(=O)=O. The third-order valence-electron chi connectivity index (χ3n) is 4.59. The minimum atomic E-state index is -3.43. The lowest BCUT2D eigenvalue weighted by molar-refractivity contribution is 0.142. The predicted molar refractivity (Wildman–Crippen MR) is 102 cm³/mol. The molecular weight excluding hydrogens is 340 g/mol. The van der Waals surface area contributed by atoms with Crippen LogP contribution in [0.25, 0.3) is 0 Å². The van der Waals surface area contributed by atoms with Crippen molar-refractivity contribution >= 4 is 18.4 Å². The molecule has 138 valence electrons. The first-order valence-corrected chi connectivity index (χ1v) is 13.2. The summed E-state index contributed by atoms with van der Waals surface area (Å²) in [6.07, 6.45) is 2.05. The summed E-state index contributed by atoms with van der Waals surface area (Å²) in [6.45, 7) is 12.9. The van der Waals surface area contributed by atoms with E-state index in [-0.39, 0.29) is 17.2 Å². The van der Waals surface area contributed by atoms with E-state index in [0.717, 1.165) is 18.2 Å². The van der Waals surface area contributed by atoms with Crippen molar-refractivity contribution in [2.45, 2.75) is 70.9 Å². The summed E-state index contributed by atoms with van der Waals surface area (Å²) in [5, 5.41) is 0.120. The summed E-state index contributed by atoms with van der Waals surface area (Å²) in [4.78, 5) is 0. The van der Waals surface area contributed by atoms with Crippen molar-refractivity contribution in [3.63, 3.8) is 0 Å². The molecule has 1 aromatic carbocycles. The van der Waals surface area contributed by atoms with E-state index in [2.05, 4.69) is 46.0 Å². The van der Waals surface area contributed by atoms with E-state index >= 15 is 0 Å². The fourth-order valence-electron chi connectivity index (χ4n) is 2.23. The summed E-state index contributed by atoms with van der Waals surface area (Å²) in [5.74, 6) is 0. The predicted octanol–water partition coefficient (Wildman–Crippen LogP) is 4.89. The molecule has 0 aromatic heterocycles. The molecule has 0 heterocycles. The maximum Gasteiger partial charge on any atom is 0.264 e. The van der Waals surface area contributed by atoms with E-state index < -0.39 is 18.4 Å². The third-order valence-corrected chi connectivity index (χ3v) is 9.75. The van der Waals surface area contributed by atoms with E-state index in [4.69, 9.17) is 8.61 Å². The van der Waals surface area contributed by atoms with Gasteiger partial charge >= 0.3 is 0 Å². The summed E-state index contributed by atoms with van der Waals surface area (Å²) in [7, 11) is -5.36. The van der Waals surface area contributed by atoms with Crippen molar-refractivity contribution in [3.8, 4) is 0 Å². The Morgan fingerprint density at radius 1 is 1.08 bits per heavy atom. The monoisotopic (exact) mass is 372 g/mol. The molecule has 0 aliphatic heterocycles. The molecule has 0 bridgehead atoms. The Morgan fingerprint density at radius 2 is 1.62 bits per heavy atom. The van der Waals surface area contributed by atoms with Crippen LogP contribution in [0.15, 0.2) is 30.3 Å². The highest BCUT2D eigenvalue weighted by Gasteiger charge is 2.39. The second kappa shape index (κ2) is 8.12. The largest absolute Gasteiger partial charge is 0.410 e. The van der Waals surface area contributed by atoms with Gasteiger partial charge in [0.25, 0.3) is 10.1 Å². The second-order valence-corrected chi connectivity index (χ2v) is 14.3. The zero-order chi connectivity index (χ0) is 18.6. The quantitative estimate of drug-likeness (QED) is 0.481. The molecule has 1 rings (SSSR count). The topological polar surface area (TPSA) is 52.6 Å². The van der Waals surface area contributed by atoms with Gasteiger partial charge in [-0.3, -0.25) is 4.18 Å². The number of benzene rings is 1. The Kier molecular flexibility index (Phi) is 7.23. The summed E-state index contributed by atoms with van der Waals surface area (Å²) >= 11 is 0. The molecule has 2 unspecified atom stereocenters. The van der Waals surface area contributed by atoms with Crippen molar-refractivity contribution in [2.75, 3.05) is 6.26 Å². The van der Waals surface area contributed by atoms with Crippen LogP contribution < -0.4 is 0 Å². The number of hydrogen-bond donors (Lipinski definition) is 0. The standard InChI is InChI=1S/C18H32O4SSi/c1-15(21-23(5,19)20)13-14-17(16-11-9-8-10-12-16)22-24(6,7)18(2,3)4/h8-12,15,17H,13-14H2,1-7H3. The summed E-state index contributed by atoms with van der Waals surface area (Å²) in [6, 6.07) is 10.1. The van der Waals surface area contributed by atoms with Crippen molar-refractivity contribution in [3.05, 3.63) is 35.9 Å². The van der Waals surface area contributed by atoms with Gasteiger partial charge in [0.1, 0.15) is 0 Å². The molecule has 0 saturated heterocycles. The lowest BCUT2D eigenvalue weighted by Crippen LogP contribution is -2.42. The van der Waals surface area contributed by atoms with Crippen LogP contribution >= 0.6 is 0 Å². The molecule has 4 nitrogen and oxygen atoms in total. The highest BCUT2D eigenvalue weighted by atomic mass is 32.2. The normalized spacial score (nSPS) is 16.0. The minimum absolute atomic E-state index is 0.0438. The van der Waals surface area contributed by atoms with Crippen LogP contribution in [0, 0.1) is 0 Å². The van der Waals surface area contributed by atoms with Crippen LogP contribution in [0.1, 0.15) is 52.2 Å². The first kappa shape index (κ1) is 21.3. The summed E-state index contributed by atoms with van der Waals surface area (Å²) < 4.78 is 34.2. The molecule has 0 fully saturated rings. The maximum atomic E-state index is 11.3. The maximum absolute atomic E-state index is 11.3. The molecule has 0 amide bonds. The van der Waals surface area contributed by atoms with Gasteiger partial charge in [-0.15, -0.1) is 0 Å². The van der Waals surface area contributed by atoms with E-state index in [1.807, 2.05) is 18.2 Å². The van der Waals surface area contributed by atoms with Crippen LogP contribution in [0.5, 0.6) is 0 Å². The molecule has 0 aliphatic carbocycles. The van der Waals surface area contributed by atoms with Gasteiger partial charge < -0.3 is 4.43 Å². The lowest BCUT2D eigenvalue weighted by atomic mass is 10.0. The van der Waals surface area contributed by atoms with Crippen LogP contribution in [0.2, 0.25) is 18.1 Å². The van der Waals surface area contributed by atoms with Gasteiger partial charge in [0.05, 0.1) is 18.5 Å². The Labute approximate surface area is 148 Å². The van der Waals surface area contributed by atoms with E-state index in [1.54, 1.807) is 6.92 Å². The zero-order valence-electron chi connectivity index (χ0n) is 16.0. The first-order valence-electron chi connectivity index (χ1n) is 8.43. The third kappa shape index (κ3) is 7.05. The van der Waals surface area contributed by atoms with E-state index in [9.17, 15) is 8.42 Å². The molecule has 1 aromatic rings. The minimum Gasteiger partial charge on any atom is -0.410 e. The Hall–Kier alpha value is -0.693. The first-order chi connectivity index (χ1) is 10.8. The van der Waals surface area contributed by atoms with Gasteiger partial charge in [0, 0.05) is 0 Å². The molecule has 0 radical (unpaired) electrons. The van der Waals surface area contributed by atoms with Crippen molar-refractivity contribution in [2.24, 2.45) is 0 Å². The summed E-state index contributed by atoms with van der Waals surface area (Å²) in [5.41, 5.74) is 1.13. The van der Waals surface area contributed by atoms with Gasteiger partial charge in [-0.1, -0.05) is 51.1 Å². The van der Waals surface area contributed by atoms with Gasteiger partial charge in [0.2, 0.25) is 0 Å². The van der Waals surface area contributed by atoms with Crippen molar-refractivity contribution < 1.29 is 17.0 Å². The molecule has 0 N–H and O–H groups in total. The average Bonchev–Trinajstić information content (AvgIpc) is 2.41. The van der Waals surface area contributed by atoms with Gasteiger partial charge in [-0.2, -0.15) is 8.42 Å². The Morgan fingerprint density at radius 3 is 2.08 bits per heavy atom. The zero-order valence-corrected chi connectivity index (χ0v) is 17.8. The van der Waals surface area contributed by atoms with E-state index in [1.165, 1.54) is 0 Å². The number of hydrogen-bond acceptors (Lipinski definition) is 4. The molecular formula is C18H32O4SSi. The van der Waals surface area contributed by atoms with Gasteiger partial charge in [-0.25, -0.2) is 0 Å². The molecule has 0 aliphatic rings. The fourth-order valence-corrected chi connectivity index (χ4v) is 4.24. The fraction of sp³-hybridized carbons (Fsp3) is 0.667. The van der Waals surface area contributed by atoms with Crippen molar-refractivity contribution in [1.82, 2.24) is 0 Å². The second-order valence-electron chi connectivity index (χ2n) is 7.97. The van der Waals surface area contributed by atoms with Crippen LogP contribution in [0.4, 0.5) is 0 Å².